The van der Waals surface area contributed by atoms with Gasteiger partial charge in [-0.3, -0.25) is 15.1 Å². The number of carbonyl (C=O) groups excluding carboxylic acids is 1. The third-order valence-electron chi connectivity index (χ3n) is 2.51. The zero-order chi connectivity index (χ0) is 13.2. The van der Waals surface area contributed by atoms with Crippen molar-refractivity contribution in [3.63, 3.8) is 0 Å². The summed E-state index contributed by atoms with van der Waals surface area (Å²) in [5.74, 6) is -0.705. The summed E-state index contributed by atoms with van der Waals surface area (Å²) in [6.45, 7) is 0. The number of carbonyl (C=O) groups is 1. The number of nitrogens with zero attached hydrogens (tertiary/aromatic N) is 2. The van der Waals surface area contributed by atoms with Crippen LogP contribution in [-0.2, 0) is 0 Å². The number of nitrogens with one attached hydrogen (secondary N) is 1. The number of para-hydroxylation sites is 1. The maximum Gasteiger partial charge on any atom is 0.259 e. The van der Waals surface area contributed by atoms with Crippen LogP contribution in [0.2, 0.25) is 0 Å². The fraction of sp³-hybridized carbons (Fsp3) is 0. The first-order valence-corrected chi connectivity index (χ1v) is 6.32. The number of pyridine rings is 1. The molecule has 0 aliphatic carbocycles. The van der Waals surface area contributed by atoms with Gasteiger partial charge in [-0.2, -0.15) is 0 Å². The lowest BCUT2D eigenvalue weighted by atomic mass is 10.3. The van der Waals surface area contributed by atoms with Crippen molar-refractivity contribution in [2.24, 2.45) is 0 Å². The molecule has 3 aromatic rings. The van der Waals surface area contributed by atoms with Crippen molar-refractivity contribution in [3.05, 3.63) is 54.1 Å². The van der Waals surface area contributed by atoms with Crippen molar-refractivity contribution in [3.8, 4) is 0 Å². The van der Waals surface area contributed by atoms with Crippen molar-refractivity contribution in [1.82, 2.24) is 9.97 Å². The highest BCUT2D eigenvalue weighted by Gasteiger charge is 2.11. The van der Waals surface area contributed by atoms with Crippen LogP contribution in [0.25, 0.3) is 10.2 Å². The van der Waals surface area contributed by atoms with Gasteiger partial charge >= 0.3 is 0 Å². The van der Waals surface area contributed by atoms with E-state index in [0.717, 1.165) is 0 Å². The molecule has 0 spiro atoms. The van der Waals surface area contributed by atoms with Crippen LogP contribution in [0.3, 0.4) is 0 Å². The van der Waals surface area contributed by atoms with E-state index in [9.17, 15) is 9.18 Å². The van der Waals surface area contributed by atoms with Gasteiger partial charge < -0.3 is 0 Å². The molecule has 0 saturated heterocycles. The van der Waals surface area contributed by atoms with E-state index in [-0.39, 0.29) is 11.4 Å². The number of halogens is 1. The normalized spacial score (nSPS) is 10.6. The third-order valence-corrected chi connectivity index (χ3v) is 3.45. The lowest BCUT2D eigenvalue weighted by molar-refractivity contribution is 0.102. The average Bonchev–Trinajstić information content (AvgIpc) is 2.84. The molecule has 2 aromatic heterocycles. The molecule has 0 fully saturated rings. The van der Waals surface area contributed by atoms with E-state index < -0.39 is 5.82 Å². The Morgan fingerprint density at radius 3 is 2.89 bits per heavy atom. The molecule has 4 nitrogen and oxygen atoms in total. The summed E-state index contributed by atoms with van der Waals surface area (Å²) >= 11 is 1.23. The number of hydrogen-bond acceptors (Lipinski definition) is 4. The zero-order valence-corrected chi connectivity index (χ0v) is 10.4. The van der Waals surface area contributed by atoms with Crippen molar-refractivity contribution in [2.75, 3.05) is 5.32 Å². The van der Waals surface area contributed by atoms with Crippen molar-refractivity contribution < 1.29 is 9.18 Å². The smallest absolute Gasteiger partial charge is 0.259 e. The van der Waals surface area contributed by atoms with E-state index in [1.54, 1.807) is 30.5 Å². The van der Waals surface area contributed by atoms with E-state index >= 15 is 0 Å². The second kappa shape index (κ2) is 4.74. The molecule has 1 aromatic carbocycles. The molecule has 6 heteroatoms. The molecule has 0 atom stereocenters. The Morgan fingerprint density at radius 1 is 1.26 bits per heavy atom. The molecule has 0 saturated carbocycles. The maximum atomic E-state index is 13.5. The minimum absolute atomic E-state index is 0.272. The first kappa shape index (κ1) is 11.7. The summed E-state index contributed by atoms with van der Waals surface area (Å²) in [4.78, 5) is 19.8. The highest BCUT2D eigenvalue weighted by Crippen LogP contribution is 2.27. The Morgan fingerprint density at radius 2 is 2.16 bits per heavy atom. The largest absolute Gasteiger partial charge is 0.298 e. The summed E-state index contributed by atoms with van der Waals surface area (Å²) in [6, 6.07) is 8.04. The van der Waals surface area contributed by atoms with Gasteiger partial charge in [0.15, 0.2) is 5.13 Å². The predicted molar refractivity (Wildman–Crippen MR) is 71.8 cm³/mol. The van der Waals surface area contributed by atoms with Crippen LogP contribution in [0.1, 0.15) is 10.4 Å². The number of anilines is 1. The van der Waals surface area contributed by atoms with E-state index in [2.05, 4.69) is 15.3 Å². The molecule has 0 bridgehead atoms. The molecule has 1 N–H and O–H groups in total. The molecular formula is C13H8FN3OS. The lowest BCUT2D eigenvalue weighted by Crippen LogP contribution is -2.11. The van der Waals surface area contributed by atoms with Crippen molar-refractivity contribution in [2.45, 2.75) is 0 Å². The molecule has 1 amide bonds. The molecule has 0 unspecified atom stereocenters. The van der Waals surface area contributed by atoms with Gasteiger partial charge in [0.05, 0.1) is 10.3 Å². The van der Waals surface area contributed by atoms with Crippen LogP contribution in [0.4, 0.5) is 9.52 Å². The summed E-state index contributed by atoms with van der Waals surface area (Å²) in [5, 5.41) is 3.01. The standard InChI is InChI=1S/C13H8FN3OS/c14-9-4-1-5-10-11(9)16-13(19-10)17-12(18)8-3-2-6-15-7-8/h1-7H,(H,16,17,18). The van der Waals surface area contributed by atoms with Gasteiger partial charge in [0.25, 0.3) is 5.91 Å². The minimum Gasteiger partial charge on any atom is -0.298 e. The molecule has 3 rings (SSSR count). The van der Waals surface area contributed by atoms with Crippen LogP contribution in [0.5, 0.6) is 0 Å². The molecule has 94 valence electrons. The molecule has 0 radical (unpaired) electrons. The second-order valence-electron chi connectivity index (χ2n) is 3.80. The number of rotatable bonds is 2. The SMILES string of the molecule is O=C(Nc1nc2c(F)cccc2s1)c1cccnc1. The lowest BCUT2D eigenvalue weighted by Gasteiger charge is -1.99. The summed E-state index contributed by atoms with van der Waals surface area (Å²) < 4.78 is 14.2. The van der Waals surface area contributed by atoms with Crippen molar-refractivity contribution >= 4 is 32.6 Å². The van der Waals surface area contributed by atoms with E-state index in [1.807, 2.05) is 0 Å². The Labute approximate surface area is 111 Å². The monoisotopic (exact) mass is 273 g/mol. The third kappa shape index (κ3) is 2.30. The fourth-order valence-corrected chi connectivity index (χ4v) is 2.51. The van der Waals surface area contributed by atoms with Gasteiger partial charge in [-0.25, -0.2) is 9.37 Å². The highest BCUT2D eigenvalue weighted by atomic mass is 32.1. The number of benzene rings is 1. The van der Waals surface area contributed by atoms with Gasteiger partial charge in [0.1, 0.15) is 11.3 Å². The number of fused-ring (bicyclic) bond motifs is 1. The molecule has 0 aliphatic heterocycles. The second-order valence-corrected chi connectivity index (χ2v) is 4.83. The van der Waals surface area contributed by atoms with Gasteiger partial charge in [0.2, 0.25) is 0 Å². The molecular weight excluding hydrogens is 265 g/mol. The molecule has 19 heavy (non-hydrogen) atoms. The first-order valence-electron chi connectivity index (χ1n) is 5.50. The quantitative estimate of drug-likeness (QED) is 0.780. The summed E-state index contributed by atoms with van der Waals surface area (Å²) in [6.07, 6.45) is 3.05. The van der Waals surface area contributed by atoms with Crippen LogP contribution in [0.15, 0.2) is 42.7 Å². The Bertz CT molecular complexity index is 742. The highest BCUT2D eigenvalue weighted by molar-refractivity contribution is 7.22. The van der Waals surface area contributed by atoms with Gasteiger partial charge in [0, 0.05) is 12.4 Å². The van der Waals surface area contributed by atoms with Crippen LogP contribution in [-0.4, -0.2) is 15.9 Å². The Hall–Kier alpha value is -2.34. The van der Waals surface area contributed by atoms with Crippen LogP contribution in [0, 0.1) is 5.82 Å². The average molecular weight is 273 g/mol. The Kier molecular flexibility index (Phi) is 2.92. The predicted octanol–water partition coefficient (Wildman–Crippen LogP) is 3.08. The minimum atomic E-state index is -0.393. The number of thiazole rings is 1. The van der Waals surface area contributed by atoms with Gasteiger partial charge in [-0.15, -0.1) is 0 Å². The summed E-state index contributed by atoms with van der Waals surface area (Å²) in [7, 11) is 0. The first-order chi connectivity index (χ1) is 9.24. The molecule has 2 heterocycles. The van der Waals surface area contributed by atoms with Crippen molar-refractivity contribution in [1.29, 1.82) is 0 Å². The number of amides is 1. The number of aromatic nitrogens is 2. The van der Waals surface area contributed by atoms with E-state index in [4.69, 9.17) is 0 Å². The fourth-order valence-electron chi connectivity index (χ4n) is 1.63. The molecule has 0 aliphatic rings. The number of hydrogen-bond donors (Lipinski definition) is 1. The summed E-state index contributed by atoms with van der Waals surface area (Å²) in [5.41, 5.74) is 0.705. The Balaban J connectivity index is 1.90. The van der Waals surface area contributed by atoms with E-state index in [0.29, 0.717) is 15.4 Å². The van der Waals surface area contributed by atoms with Crippen LogP contribution >= 0.6 is 11.3 Å². The zero-order valence-electron chi connectivity index (χ0n) is 9.63. The van der Waals surface area contributed by atoms with E-state index in [1.165, 1.54) is 23.6 Å². The van der Waals surface area contributed by atoms with Gasteiger partial charge in [-0.05, 0) is 24.3 Å². The van der Waals surface area contributed by atoms with Crippen LogP contribution < -0.4 is 5.32 Å². The topological polar surface area (TPSA) is 54.9 Å². The maximum absolute atomic E-state index is 13.5. The van der Waals surface area contributed by atoms with Gasteiger partial charge in [-0.1, -0.05) is 17.4 Å².